The van der Waals surface area contributed by atoms with Crippen LogP contribution in [0, 0.1) is 17.8 Å². The molecule has 0 bridgehead atoms. The lowest BCUT2D eigenvalue weighted by atomic mass is 9.93. The van der Waals surface area contributed by atoms with Gasteiger partial charge in [-0.05, 0) is 48.1 Å². The second kappa shape index (κ2) is 16.8. The van der Waals surface area contributed by atoms with Crippen molar-refractivity contribution in [3.8, 4) is 5.75 Å². The Balaban J connectivity index is 1.60. The zero-order valence-electron chi connectivity index (χ0n) is 27.6. The Hall–Kier alpha value is -3.89. The molecule has 0 saturated carbocycles. The van der Waals surface area contributed by atoms with Crippen molar-refractivity contribution in [3.05, 3.63) is 76.8 Å². The summed E-state index contributed by atoms with van der Waals surface area (Å²) in [6.07, 6.45) is 1.78. The summed E-state index contributed by atoms with van der Waals surface area (Å²) in [6, 6.07) is 14.0. The molecule has 1 saturated heterocycles. The molecule has 10 nitrogen and oxygen atoms in total. The molecule has 0 aliphatic carbocycles. The number of rotatable bonds is 9. The Labute approximate surface area is 281 Å². The first-order valence-corrected chi connectivity index (χ1v) is 16.6. The molecule has 2 N–H and O–H groups in total. The van der Waals surface area contributed by atoms with Crippen LogP contribution < -0.4 is 15.4 Å². The molecule has 2 aliphatic rings. The summed E-state index contributed by atoms with van der Waals surface area (Å²) in [6.45, 7) is 7.55. The van der Waals surface area contributed by atoms with E-state index in [9.17, 15) is 19.2 Å². The normalized spacial score (nSPS) is 27.2. The van der Waals surface area contributed by atoms with Gasteiger partial charge < -0.3 is 29.6 Å². The van der Waals surface area contributed by atoms with Crippen molar-refractivity contribution < 1.29 is 38.1 Å². The molecule has 2 aromatic carbocycles. The van der Waals surface area contributed by atoms with E-state index in [1.54, 1.807) is 31.2 Å². The third kappa shape index (κ3) is 10.0. The minimum atomic E-state index is -1.13. The molecule has 1 unspecified atom stereocenters. The summed E-state index contributed by atoms with van der Waals surface area (Å²) in [5.74, 6) is -2.67. The minimum absolute atomic E-state index is 0.0339. The molecular formula is C36H45ClN2O8. The van der Waals surface area contributed by atoms with Crippen LogP contribution in [0.25, 0.3) is 0 Å². The van der Waals surface area contributed by atoms with E-state index in [1.165, 1.54) is 13.2 Å². The summed E-state index contributed by atoms with van der Waals surface area (Å²) in [5.41, 5.74) is 1.73. The zero-order valence-corrected chi connectivity index (χ0v) is 28.3. The van der Waals surface area contributed by atoms with Crippen LogP contribution in [0.15, 0.2) is 60.7 Å². The second-order valence-corrected chi connectivity index (χ2v) is 13.0. The average molecular weight is 669 g/mol. The summed E-state index contributed by atoms with van der Waals surface area (Å²) >= 11 is 6.32. The first-order valence-electron chi connectivity index (χ1n) is 16.2. The highest BCUT2D eigenvalue weighted by molar-refractivity contribution is 6.32. The number of hydrogen-bond donors (Lipinski definition) is 2. The van der Waals surface area contributed by atoms with Crippen molar-refractivity contribution in [3.63, 3.8) is 0 Å². The number of epoxide rings is 1. The standard InChI is InChI=1S/C36H45ClN2O8/c1-6-24-20-38-34(41)27(19-23-15-16-29(44-5)26(37)18-23)39-31(40)14-10-13-28(45-36(43)30(17-21(2)3)46-35(24)42)22(4)32-33(47-32)25-11-8-7-9-12-25/h7-12,14-16,18,21-22,24,27-28,30,32-33H,6,13,17,19-20H2,1-5H3,(H,38,41)(H,39,40)/b14-10+/t22-,24?,27+,28-,30-,32+,33+/m0/s1. The molecule has 0 radical (unpaired) electrons. The Kier molecular flexibility index (Phi) is 12.8. The maximum Gasteiger partial charge on any atom is 0.347 e. The highest BCUT2D eigenvalue weighted by atomic mass is 35.5. The summed E-state index contributed by atoms with van der Waals surface area (Å²) < 4.78 is 23.1. The van der Waals surface area contributed by atoms with Crippen molar-refractivity contribution in [2.75, 3.05) is 13.7 Å². The summed E-state index contributed by atoms with van der Waals surface area (Å²) in [4.78, 5) is 53.4. The Bertz CT molecular complexity index is 1430. The molecule has 11 heteroatoms. The van der Waals surface area contributed by atoms with Gasteiger partial charge in [-0.25, -0.2) is 4.79 Å². The first-order chi connectivity index (χ1) is 22.5. The van der Waals surface area contributed by atoms with Crippen molar-refractivity contribution in [2.24, 2.45) is 17.8 Å². The van der Waals surface area contributed by atoms with Gasteiger partial charge in [0.25, 0.3) is 0 Å². The highest BCUT2D eigenvalue weighted by Gasteiger charge is 2.47. The highest BCUT2D eigenvalue weighted by Crippen LogP contribution is 2.45. The van der Waals surface area contributed by atoms with Crippen LogP contribution in [0.4, 0.5) is 0 Å². The van der Waals surface area contributed by atoms with E-state index in [2.05, 4.69) is 10.6 Å². The Morgan fingerprint density at radius 3 is 2.40 bits per heavy atom. The van der Waals surface area contributed by atoms with Crippen molar-refractivity contribution >= 4 is 35.4 Å². The number of esters is 2. The molecule has 1 fully saturated rings. The Morgan fingerprint density at radius 2 is 1.74 bits per heavy atom. The smallest absolute Gasteiger partial charge is 0.347 e. The topological polar surface area (TPSA) is 133 Å². The van der Waals surface area contributed by atoms with Crippen molar-refractivity contribution in [1.29, 1.82) is 0 Å². The van der Waals surface area contributed by atoms with Crippen LogP contribution in [0.3, 0.4) is 0 Å². The molecule has 254 valence electrons. The maximum absolute atomic E-state index is 13.6. The van der Waals surface area contributed by atoms with Gasteiger partial charge in [0.1, 0.15) is 24.0 Å². The van der Waals surface area contributed by atoms with E-state index >= 15 is 0 Å². The number of nitrogens with one attached hydrogen (secondary N) is 2. The fraction of sp³-hybridized carbons (Fsp3) is 0.500. The number of methoxy groups -OCH3 is 1. The van der Waals surface area contributed by atoms with Crippen LogP contribution in [-0.2, 0) is 39.8 Å². The summed E-state index contributed by atoms with van der Waals surface area (Å²) in [7, 11) is 1.51. The third-order valence-electron chi connectivity index (χ3n) is 8.51. The maximum atomic E-state index is 13.6. The molecule has 7 atom stereocenters. The number of ether oxygens (including phenoxy) is 4. The van der Waals surface area contributed by atoms with Gasteiger partial charge in [0.05, 0.1) is 24.2 Å². The lowest BCUT2D eigenvalue weighted by Gasteiger charge is -2.27. The van der Waals surface area contributed by atoms with E-state index < -0.39 is 47.9 Å². The quantitative estimate of drug-likeness (QED) is 0.278. The van der Waals surface area contributed by atoms with Gasteiger partial charge in [0.2, 0.25) is 11.8 Å². The molecule has 2 heterocycles. The predicted octanol–water partition coefficient (Wildman–Crippen LogP) is 5.12. The number of amides is 2. The molecule has 47 heavy (non-hydrogen) atoms. The lowest BCUT2D eigenvalue weighted by Crippen LogP contribution is -2.49. The van der Waals surface area contributed by atoms with Gasteiger partial charge in [-0.3, -0.25) is 14.4 Å². The largest absolute Gasteiger partial charge is 0.495 e. The SMILES string of the molecule is CCC1CNC(=O)[C@@H](Cc2ccc(OC)c(Cl)c2)NC(=O)/C=C/C[C@@H]([C@H](C)[C@H]2O[C@@H]2c2ccccc2)OC(=O)[C@H](CC(C)C)OC1=O. The number of carbonyl (C=O) groups excluding carboxylic acids is 4. The van der Waals surface area contributed by atoms with Crippen LogP contribution in [-0.4, -0.2) is 61.8 Å². The monoisotopic (exact) mass is 668 g/mol. The minimum Gasteiger partial charge on any atom is -0.495 e. The van der Waals surface area contributed by atoms with Crippen LogP contribution >= 0.6 is 11.6 Å². The van der Waals surface area contributed by atoms with Gasteiger partial charge in [-0.2, -0.15) is 0 Å². The third-order valence-corrected chi connectivity index (χ3v) is 8.80. The number of carbonyl (C=O) groups is 4. The van der Waals surface area contributed by atoms with Crippen LogP contribution in [0.2, 0.25) is 5.02 Å². The molecule has 2 aromatic rings. The van der Waals surface area contributed by atoms with E-state index in [0.717, 1.165) is 5.56 Å². The Morgan fingerprint density at radius 1 is 1.00 bits per heavy atom. The number of hydrogen-bond acceptors (Lipinski definition) is 8. The number of cyclic esters (lactones) is 2. The molecule has 0 aromatic heterocycles. The van der Waals surface area contributed by atoms with Crippen molar-refractivity contribution in [2.45, 2.75) is 83.8 Å². The van der Waals surface area contributed by atoms with Gasteiger partial charge in [-0.15, -0.1) is 0 Å². The van der Waals surface area contributed by atoms with Gasteiger partial charge >= 0.3 is 11.9 Å². The number of benzene rings is 2. The van der Waals surface area contributed by atoms with E-state index in [-0.39, 0.29) is 49.9 Å². The van der Waals surface area contributed by atoms with E-state index in [1.807, 2.05) is 51.1 Å². The molecule has 2 aliphatic heterocycles. The van der Waals surface area contributed by atoms with E-state index in [4.69, 9.17) is 30.5 Å². The molecule has 0 spiro atoms. The average Bonchev–Trinajstić information content (AvgIpc) is 3.84. The fourth-order valence-electron chi connectivity index (χ4n) is 5.65. The van der Waals surface area contributed by atoms with Gasteiger partial charge in [0, 0.05) is 25.3 Å². The van der Waals surface area contributed by atoms with Gasteiger partial charge in [0.15, 0.2) is 6.10 Å². The lowest BCUT2D eigenvalue weighted by molar-refractivity contribution is -0.176. The van der Waals surface area contributed by atoms with Gasteiger partial charge in [-0.1, -0.05) is 81.8 Å². The summed E-state index contributed by atoms with van der Waals surface area (Å²) in [5, 5.41) is 5.93. The van der Waals surface area contributed by atoms with Crippen molar-refractivity contribution in [1.82, 2.24) is 10.6 Å². The van der Waals surface area contributed by atoms with E-state index in [0.29, 0.717) is 22.8 Å². The molecule has 4 rings (SSSR count). The molecular weight excluding hydrogens is 624 g/mol. The van der Waals surface area contributed by atoms with Crippen LogP contribution in [0.5, 0.6) is 5.75 Å². The molecule has 2 amide bonds. The number of halogens is 1. The fourth-order valence-corrected chi connectivity index (χ4v) is 5.93. The predicted molar refractivity (Wildman–Crippen MR) is 177 cm³/mol. The zero-order chi connectivity index (χ0) is 34.1. The second-order valence-electron chi connectivity index (χ2n) is 12.5. The van der Waals surface area contributed by atoms with Crippen LogP contribution in [0.1, 0.15) is 64.2 Å². The first kappa shape index (κ1) is 36.0.